The number of alkyl carbamates (subject to hydrolysis) is 1. The molecule has 4 aromatic carbocycles. The molecule has 0 aromatic heterocycles. The van der Waals surface area contributed by atoms with E-state index in [2.05, 4.69) is 20.7 Å². The van der Waals surface area contributed by atoms with Gasteiger partial charge < -0.3 is 79.6 Å². The number of aliphatic hydroxyl groups excluding tert-OH is 3. The highest BCUT2D eigenvalue weighted by Gasteiger charge is 2.45. The summed E-state index contributed by atoms with van der Waals surface area (Å²) < 4.78 is 62.3. The van der Waals surface area contributed by atoms with Crippen LogP contribution in [0.5, 0.6) is 11.5 Å². The Labute approximate surface area is 455 Å². The lowest BCUT2D eigenvalue weighted by molar-refractivity contribution is -0.252. The lowest BCUT2D eigenvalue weighted by Gasteiger charge is -2.43. The molecule has 424 valence electrons. The second-order valence-corrected chi connectivity index (χ2v) is 17.9. The molecule has 4 aromatic rings. The van der Waals surface area contributed by atoms with Crippen LogP contribution in [0.25, 0.3) is 11.1 Å². The number of amides is 3. The van der Waals surface area contributed by atoms with Crippen molar-refractivity contribution in [1.82, 2.24) is 5.32 Å². The molecule has 3 aliphatic rings. The maximum absolute atomic E-state index is 13.1. The zero-order chi connectivity index (χ0) is 59.2. The van der Waals surface area contributed by atoms with Crippen molar-refractivity contribution in [2.45, 2.75) is 95.8 Å². The van der Waals surface area contributed by atoms with Crippen molar-refractivity contribution in [3.63, 3.8) is 0 Å². The molecule has 7 rings (SSSR count). The quantitative estimate of drug-likeness (QED) is 0.0358. The standard InChI is InChI=1S/C37H40N2O11.C16H22N2O8.CO2/c1-22-23(2)35(48-24(3)42)36(50-33(22)19-46-21-41)49-32-13-12-25(17-45-20-40)16-31(32)39-34(43)14-15-38-37(44)47-18-30-28-10-6-4-8-26(28)27-9-5-7-11-29(27)30;17-4-3-13(21)18-10-5-9(6-24-8-19)1-2-12(10)26-16-15(23)14(22)11(20)7-25-16;2-1-3/h4-13,16,20-23,30,33,35-36H,14-15,17-19H2,1-3H3,(H,38,44)(H,39,43);1-2,5,8,11,14-16,20,22-23H,3-4,6-7,17H2,(H,18,21);/t22-,23-,33+,35+,36?;11-,14+,15-,16?;/m01./s1/i20D;8D;. The SMILES string of the molecule is O=C=O.[2H]C(=O)OCc1ccc(OC2OC[C@@H](O)[C@H](O)[C@H]2O)c(NC(=O)CCN)c1.[2H]C(=O)OCc1ccc(OC2O[C@H](COC=O)[C@@H](C)[C@H](C)[C@H]2OC(C)=O)c(NC(=O)CCNC(=O)OCC2c3ccccc3-c3ccccc32)c1. The van der Waals surface area contributed by atoms with Gasteiger partial charge in [0.2, 0.25) is 24.4 Å². The molecule has 0 saturated carbocycles. The summed E-state index contributed by atoms with van der Waals surface area (Å²) in [4.78, 5) is 98.5. The number of benzene rings is 4. The Morgan fingerprint density at radius 2 is 1.29 bits per heavy atom. The van der Waals surface area contributed by atoms with Gasteiger partial charge in [0, 0.05) is 44.7 Å². The summed E-state index contributed by atoms with van der Waals surface area (Å²) in [6.07, 6.45) is -11.0. The number of aliphatic hydroxyl groups is 3. The van der Waals surface area contributed by atoms with Gasteiger partial charge in [0.05, 0.1) is 24.1 Å². The Bertz CT molecular complexity index is 2810. The zero-order valence-electron chi connectivity index (χ0n) is 45.1. The van der Waals surface area contributed by atoms with E-state index in [-0.39, 0.29) is 106 Å². The van der Waals surface area contributed by atoms with Crippen LogP contribution in [0.2, 0.25) is 0 Å². The van der Waals surface area contributed by atoms with Crippen LogP contribution < -0.4 is 31.2 Å². The fraction of sp³-hybridized carbons (Fsp3) is 0.407. The van der Waals surface area contributed by atoms with E-state index >= 15 is 0 Å². The monoisotopic (exact) mass is 1100 g/mol. The molecule has 0 radical (unpaired) electrons. The minimum atomic E-state index is -1.51. The van der Waals surface area contributed by atoms with E-state index in [4.69, 9.17) is 56.0 Å². The van der Waals surface area contributed by atoms with E-state index in [1.165, 1.54) is 37.3 Å². The predicted molar refractivity (Wildman–Crippen MR) is 272 cm³/mol. The number of hydrogen-bond acceptors (Lipinski definition) is 22. The highest BCUT2D eigenvalue weighted by Crippen LogP contribution is 2.44. The average molecular weight is 1110 g/mol. The summed E-state index contributed by atoms with van der Waals surface area (Å²) in [6.45, 7) is 4.80. The second-order valence-electron chi connectivity index (χ2n) is 17.9. The molecular weight excluding hydrogens is 1040 g/mol. The van der Waals surface area contributed by atoms with E-state index in [1.54, 1.807) is 6.07 Å². The molecule has 0 spiro atoms. The van der Waals surface area contributed by atoms with Gasteiger partial charge in [-0.15, -0.1) is 0 Å². The molecule has 25 nitrogen and oxygen atoms in total. The number of anilines is 2. The normalized spacial score (nSPS) is 21.9. The number of carbonyl (C=O) groups excluding carboxylic acids is 9. The summed E-state index contributed by atoms with van der Waals surface area (Å²) >= 11 is 0. The van der Waals surface area contributed by atoms with E-state index in [9.17, 15) is 48.9 Å². The second kappa shape index (κ2) is 31.2. The topological polar surface area (TPSA) is 359 Å². The van der Waals surface area contributed by atoms with Gasteiger partial charge in [-0.3, -0.25) is 28.8 Å². The van der Waals surface area contributed by atoms with Crippen LogP contribution in [0.1, 0.15) is 64.5 Å². The first-order valence-corrected chi connectivity index (χ1v) is 24.6. The Kier molecular flexibility index (Phi) is 23.1. The number of ether oxygens (including phenoxy) is 9. The fourth-order valence-electron chi connectivity index (χ4n) is 8.61. The number of hydrogen-bond donors (Lipinski definition) is 7. The van der Waals surface area contributed by atoms with Crippen molar-refractivity contribution in [2.75, 3.05) is 43.5 Å². The van der Waals surface area contributed by atoms with Gasteiger partial charge in [-0.1, -0.05) is 74.5 Å². The largest absolute Gasteiger partial charge is 0.465 e. The molecule has 9 atom stereocenters. The maximum atomic E-state index is 13.1. The Morgan fingerprint density at radius 1 is 0.747 bits per heavy atom. The third-order valence-corrected chi connectivity index (χ3v) is 12.7. The summed E-state index contributed by atoms with van der Waals surface area (Å²) in [5.41, 5.74) is 11.0. The van der Waals surface area contributed by atoms with Crippen molar-refractivity contribution in [1.29, 1.82) is 0 Å². The smallest absolute Gasteiger partial charge is 0.407 e. The summed E-state index contributed by atoms with van der Waals surface area (Å²) in [5, 5.41) is 37.1. The van der Waals surface area contributed by atoms with Gasteiger partial charge >= 0.3 is 18.2 Å². The first-order chi connectivity index (χ1) is 38.8. The first-order valence-electron chi connectivity index (χ1n) is 25.6. The Balaban J connectivity index is 0.000000337. The number of fused-ring (bicyclic) bond motifs is 3. The minimum absolute atomic E-state index is 0.0388. The Hall–Kier alpha value is -8.29. The maximum Gasteiger partial charge on any atom is 0.407 e. The molecule has 2 saturated heterocycles. The zero-order valence-corrected chi connectivity index (χ0v) is 43.1. The molecule has 1 aliphatic carbocycles. The lowest BCUT2D eigenvalue weighted by atomic mass is 9.83. The molecule has 0 bridgehead atoms. The Morgan fingerprint density at radius 3 is 1.82 bits per heavy atom. The van der Waals surface area contributed by atoms with E-state index in [1.807, 2.05) is 62.4 Å². The highest BCUT2D eigenvalue weighted by molar-refractivity contribution is 5.93. The molecule has 3 amide bonds. The predicted octanol–water partition coefficient (Wildman–Crippen LogP) is 2.59. The molecule has 2 unspecified atom stereocenters. The van der Waals surface area contributed by atoms with Crippen LogP contribution in [0, 0.1) is 11.8 Å². The van der Waals surface area contributed by atoms with Gasteiger partial charge in [0.25, 0.3) is 19.4 Å². The third-order valence-electron chi connectivity index (χ3n) is 12.7. The van der Waals surface area contributed by atoms with Gasteiger partial charge in [0.15, 0.2) is 8.85 Å². The van der Waals surface area contributed by atoms with Crippen molar-refractivity contribution >= 4 is 60.8 Å². The van der Waals surface area contributed by atoms with Gasteiger partial charge in [0.1, 0.15) is 56.2 Å². The third kappa shape index (κ3) is 17.6. The highest BCUT2D eigenvalue weighted by atomic mass is 16.7. The van der Waals surface area contributed by atoms with Crippen LogP contribution in [0.3, 0.4) is 0 Å². The lowest BCUT2D eigenvalue weighted by Crippen LogP contribution is -2.54. The number of nitrogens with one attached hydrogen (secondary N) is 3. The minimum Gasteiger partial charge on any atom is -0.465 e. The molecule has 2 heterocycles. The fourth-order valence-corrected chi connectivity index (χ4v) is 8.61. The van der Waals surface area contributed by atoms with Gasteiger partial charge in [-0.05, 0) is 63.6 Å². The van der Waals surface area contributed by atoms with E-state index in [0.717, 1.165) is 22.3 Å². The molecular formula is C54H62N4O21. The number of carbonyl (C=O) groups is 7. The summed E-state index contributed by atoms with van der Waals surface area (Å²) in [6, 6.07) is 25.0. The number of esters is 1. The van der Waals surface area contributed by atoms with Crippen LogP contribution in [-0.4, -0.2) is 141 Å². The first kappa shape index (κ1) is 58.4. The van der Waals surface area contributed by atoms with Crippen molar-refractivity contribution in [3.8, 4) is 22.6 Å². The summed E-state index contributed by atoms with van der Waals surface area (Å²) in [7, 11) is 0. The summed E-state index contributed by atoms with van der Waals surface area (Å²) in [5.74, 6) is -1.75. The van der Waals surface area contributed by atoms with Crippen LogP contribution in [-0.2, 0) is 84.7 Å². The molecule has 25 heteroatoms. The molecule has 8 N–H and O–H groups in total. The molecule has 79 heavy (non-hydrogen) atoms. The van der Waals surface area contributed by atoms with Crippen LogP contribution in [0.15, 0.2) is 84.9 Å². The van der Waals surface area contributed by atoms with E-state index < -0.39 is 79.9 Å². The average Bonchev–Trinajstić information content (AvgIpc) is 3.76. The van der Waals surface area contributed by atoms with Gasteiger partial charge in [-0.2, -0.15) is 9.59 Å². The number of rotatable bonds is 21. The van der Waals surface area contributed by atoms with Crippen LogP contribution >= 0.6 is 0 Å². The van der Waals surface area contributed by atoms with Gasteiger partial charge in [-0.25, -0.2) is 4.79 Å². The van der Waals surface area contributed by atoms with Crippen LogP contribution in [0.4, 0.5) is 16.2 Å². The van der Waals surface area contributed by atoms with E-state index in [0.29, 0.717) is 17.6 Å². The van der Waals surface area contributed by atoms with Crippen molar-refractivity contribution in [3.05, 3.63) is 107 Å². The number of nitrogens with two attached hydrogens (primary N) is 1. The van der Waals surface area contributed by atoms with Crippen molar-refractivity contribution in [2.24, 2.45) is 17.6 Å². The molecule has 2 fully saturated rings. The molecule has 2 aliphatic heterocycles. The van der Waals surface area contributed by atoms with Crippen molar-refractivity contribution < 1.29 is 104 Å².